The van der Waals surface area contributed by atoms with Gasteiger partial charge in [0.25, 0.3) is 5.91 Å². The lowest BCUT2D eigenvalue weighted by atomic mass is 10.0. The number of nitrogens with one attached hydrogen (secondary N) is 1. The minimum Gasteiger partial charge on any atom is -0.496 e. The molecule has 10 heteroatoms. The van der Waals surface area contributed by atoms with Crippen molar-refractivity contribution in [3.63, 3.8) is 0 Å². The maximum Gasteiger partial charge on any atom is 0.261 e. The van der Waals surface area contributed by atoms with Crippen LogP contribution in [0.4, 0.5) is 0 Å². The lowest BCUT2D eigenvalue weighted by Gasteiger charge is -2.24. The van der Waals surface area contributed by atoms with Crippen molar-refractivity contribution in [2.45, 2.75) is 39.0 Å². The van der Waals surface area contributed by atoms with E-state index in [4.69, 9.17) is 4.74 Å². The third-order valence-electron chi connectivity index (χ3n) is 5.35. The fourth-order valence-electron chi connectivity index (χ4n) is 3.64. The average molecular weight is 498 g/mol. The average Bonchev–Trinajstić information content (AvgIpc) is 3.30. The number of fused-ring (bicyclic) bond motifs is 1. The predicted octanol–water partition coefficient (Wildman–Crippen LogP) is 3.47. The Balaban J connectivity index is 1.40. The molecular formula is C22H24BrN7O2. The van der Waals surface area contributed by atoms with E-state index < -0.39 is 0 Å². The molecule has 0 radical (unpaired) electrons. The van der Waals surface area contributed by atoms with Crippen molar-refractivity contribution < 1.29 is 9.53 Å². The number of carbonyl (C=O) groups is 1. The summed E-state index contributed by atoms with van der Waals surface area (Å²) in [7, 11) is 1.64. The molecule has 2 unspecified atom stereocenters. The minimum atomic E-state index is -0.256. The van der Waals surface area contributed by atoms with Crippen LogP contribution in [0.2, 0.25) is 0 Å². The van der Waals surface area contributed by atoms with Crippen LogP contribution in [0, 0.1) is 13.8 Å². The number of rotatable bonds is 7. The Labute approximate surface area is 194 Å². The largest absolute Gasteiger partial charge is 0.496 e. The number of amides is 1. The molecular weight excluding hydrogens is 474 g/mol. The number of aromatic nitrogens is 2. The maximum atomic E-state index is 12.2. The van der Waals surface area contributed by atoms with E-state index in [9.17, 15) is 4.79 Å². The number of benzene rings is 1. The quantitative estimate of drug-likeness (QED) is 0.467. The van der Waals surface area contributed by atoms with Crippen LogP contribution in [0.15, 0.2) is 62.4 Å². The molecule has 4 rings (SSSR count). The van der Waals surface area contributed by atoms with Gasteiger partial charge >= 0.3 is 0 Å². The number of aryl methyl sites for hydroxylation is 1. The molecule has 0 saturated carbocycles. The Hall–Kier alpha value is -3.27. The molecule has 1 aliphatic heterocycles. The van der Waals surface area contributed by atoms with Gasteiger partial charge in [0, 0.05) is 5.56 Å². The fraction of sp³-hybridized carbons (Fsp3) is 0.318. The molecule has 9 nitrogen and oxygen atoms in total. The third-order valence-corrected chi connectivity index (χ3v) is 6.50. The van der Waals surface area contributed by atoms with Crippen LogP contribution < -0.4 is 10.2 Å². The van der Waals surface area contributed by atoms with E-state index >= 15 is 0 Å². The van der Waals surface area contributed by atoms with Gasteiger partial charge < -0.3 is 4.74 Å². The monoisotopic (exact) mass is 497 g/mol. The molecule has 166 valence electrons. The topological polar surface area (TPSA) is 96.5 Å². The Bertz CT molecular complexity index is 1140. The van der Waals surface area contributed by atoms with Gasteiger partial charge in [-0.1, -0.05) is 29.5 Å². The van der Waals surface area contributed by atoms with Gasteiger partial charge in [-0.25, -0.2) is 5.43 Å². The SMILES string of the molecule is COc1ccc(/C=N\NC(=O)Cn2nc(C)c(Br)c2C)cc1CN1N=NC2C=CC=CC21. The second-order valence-electron chi connectivity index (χ2n) is 7.56. The first kappa shape index (κ1) is 21.9. The van der Waals surface area contributed by atoms with Crippen LogP contribution in [0.3, 0.4) is 0 Å². The third kappa shape index (κ3) is 4.64. The van der Waals surface area contributed by atoms with E-state index in [1.807, 2.05) is 55.3 Å². The van der Waals surface area contributed by atoms with Crippen molar-refractivity contribution >= 4 is 28.1 Å². The van der Waals surface area contributed by atoms with E-state index in [2.05, 4.69) is 48.0 Å². The molecule has 1 aromatic heterocycles. The number of hydrogen-bond donors (Lipinski definition) is 1. The summed E-state index contributed by atoms with van der Waals surface area (Å²) in [5.41, 5.74) is 6.08. The van der Waals surface area contributed by atoms with Crippen LogP contribution >= 0.6 is 15.9 Å². The summed E-state index contributed by atoms with van der Waals surface area (Å²) < 4.78 is 8.07. The van der Waals surface area contributed by atoms with Gasteiger partial charge in [0.2, 0.25) is 0 Å². The summed E-state index contributed by atoms with van der Waals surface area (Å²) in [5.74, 6) is 0.504. The van der Waals surface area contributed by atoms with E-state index in [-0.39, 0.29) is 24.5 Å². The van der Waals surface area contributed by atoms with Crippen LogP contribution in [0.5, 0.6) is 5.75 Å². The fourth-order valence-corrected chi connectivity index (χ4v) is 3.93. The molecule has 1 amide bonds. The Morgan fingerprint density at radius 1 is 1.31 bits per heavy atom. The lowest BCUT2D eigenvalue weighted by molar-refractivity contribution is -0.121. The van der Waals surface area contributed by atoms with Crippen molar-refractivity contribution in [2.75, 3.05) is 7.11 Å². The summed E-state index contributed by atoms with van der Waals surface area (Å²) in [5, 5.41) is 19.0. The Kier molecular flexibility index (Phi) is 6.50. The molecule has 2 atom stereocenters. The van der Waals surface area contributed by atoms with Gasteiger partial charge in [0.15, 0.2) is 0 Å². The number of ether oxygens (including phenoxy) is 1. The van der Waals surface area contributed by atoms with Gasteiger partial charge in [-0.15, -0.1) is 0 Å². The number of methoxy groups -OCH3 is 1. The smallest absolute Gasteiger partial charge is 0.261 e. The lowest BCUT2D eigenvalue weighted by Crippen LogP contribution is -2.32. The Morgan fingerprint density at radius 3 is 2.88 bits per heavy atom. The van der Waals surface area contributed by atoms with E-state index in [1.54, 1.807) is 18.0 Å². The summed E-state index contributed by atoms with van der Waals surface area (Å²) in [6.45, 7) is 4.43. The predicted molar refractivity (Wildman–Crippen MR) is 124 cm³/mol. The maximum absolute atomic E-state index is 12.2. The number of hydrazone groups is 1. The van der Waals surface area contributed by atoms with Crippen molar-refractivity contribution in [3.8, 4) is 5.75 Å². The van der Waals surface area contributed by atoms with Crippen LogP contribution in [-0.2, 0) is 17.9 Å². The number of nitrogens with zero attached hydrogens (tertiary/aromatic N) is 6. The molecule has 2 heterocycles. The zero-order valence-corrected chi connectivity index (χ0v) is 19.7. The Morgan fingerprint density at radius 2 is 2.12 bits per heavy atom. The van der Waals surface area contributed by atoms with Gasteiger partial charge in [0.05, 0.1) is 41.8 Å². The zero-order chi connectivity index (χ0) is 22.7. The molecule has 1 aromatic carbocycles. The molecule has 32 heavy (non-hydrogen) atoms. The second-order valence-corrected chi connectivity index (χ2v) is 8.35. The van der Waals surface area contributed by atoms with Crippen LogP contribution in [-0.4, -0.2) is 46.1 Å². The van der Waals surface area contributed by atoms with Crippen molar-refractivity contribution in [1.82, 2.24) is 20.2 Å². The summed E-state index contributed by atoms with van der Waals surface area (Å²) in [6.07, 6.45) is 9.75. The van der Waals surface area contributed by atoms with E-state index in [0.717, 1.165) is 32.7 Å². The molecule has 2 aromatic rings. The van der Waals surface area contributed by atoms with Gasteiger partial charge in [-0.05, 0) is 53.5 Å². The number of allylic oxidation sites excluding steroid dienone is 2. The van der Waals surface area contributed by atoms with Gasteiger partial charge in [0.1, 0.15) is 18.3 Å². The van der Waals surface area contributed by atoms with Crippen molar-refractivity contribution in [3.05, 3.63) is 69.5 Å². The van der Waals surface area contributed by atoms with Gasteiger partial charge in [-0.2, -0.15) is 15.3 Å². The number of carbonyl (C=O) groups excluding carboxylic acids is 1. The first-order chi connectivity index (χ1) is 15.5. The van der Waals surface area contributed by atoms with Crippen LogP contribution in [0.1, 0.15) is 22.5 Å². The molecule has 2 aliphatic rings. The molecule has 1 aliphatic carbocycles. The number of halogens is 1. The molecule has 0 bridgehead atoms. The minimum absolute atomic E-state index is 0.0498. The zero-order valence-electron chi connectivity index (χ0n) is 18.1. The van der Waals surface area contributed by atoms with Crippen molar-refractivity contribution in [1.29, 1.82) is 0 Å². The van der Waals surface area contributed by atoms with Crippen molar-refractivity contribution in [2.24, 2.45) is 15.4 Å². The highest BCUT2D eigenvalue weighted by Gasteiger charge is 2.30. The summed E-state index contributed by atoms with van der Waals surface area (Å²) >= 11 is 3.46. The van der Waals surface area contributed by atoms with E-state index in [0.29, 0.717) is 6.54 Å². The highest BCUT2D eigenvalue weighted by atomic mass is 79.9. The summed E-state index contributed by atoms with van der Waals surface area (Å²) in [4.78, 5) is 12.2. The first-order valence-electron chi connectivity index (χ1n) is 10.2. The standard InChI is InChI=1S/C22H24BrN7O2/c1-14-22(23)15(2)29(27-14)13-21(31)26-24-11-16-8-9-20(32-3)17(10-16)12-30-19-7-5-4-6-18(19)25-28-30/h4-11,18-19H,12-13H2,1-3H3,(H,26,31)/b24-11-. The first-order valence-corrected chi connectivity index (χ1v) is 11.0. The molecule has 0 spiro atoms. The van der Waals surface area contributed by atoms with E-state index in [1.165, 1.54) is 0 Å². The number of hydrogen-bond acceptors (Lipinski definition) is 7. The second kappa shape index (κ2) is 9.47. The van der Waals surface area contributed by atoms with Crippen LogP contribution in [0.25, 0.3) is 0 Å². The molecule has 1 N–H and O–H groups in total. The molecule has 0 saturated heterocycles. The molecule has 0 fully saturated rings. The normalized spacial score (nSPS) is 19.1. The summed E-state index contributed by atoms with van der Waals surface area (Å²) in [6, 6.07) is 5.89. The van der Waals surface area contributed by atoms with Gasteiger partial charge in [-0.3, -0.25) is 14.5 Å². The highest BCUT2D eigenvalue weighted by Crippen LogP contribution is 2.28. The highest BCUT2D eigenvalue weighted by molar-refractivity contribution is 9.10.